The van der Waals surface area contributed by atoms with E-state index in [2.05, 4.69) is 17.2 Å². The van der Waals surface area contributed by atoms with Gasteiger partial charge in [0.2, 0.25) is 11.8 Å². The van der Waals surface area contributed by atoms with Crippen LogP contribution in [-0.2, 0) is 25.5 Å². The molecule has 0 saturated heterocycles. The van der Waals surface area contributed by atoms with Crippen LogP contribution in [0.4, 0.5) is 5.69 Å². The van der Waals surface area contributed by atoms with Gasteiger partial charge < -0.3 is 20.1 Å². The fourth-order valence-corrected chi connectivity index (χ4v) is 1.95. The van der Waals surface area contributed by atoms with Crippen LogP contribution in [0.1, 0.15) is 19.4 Å². The summed E-state index contributed by atoms with van der Waals surface area (Å²) in [5.41, 5.74) is 1.32. The number of carbonyl (C=O) groups excluding carboxylic acids is 2. The third-order valence-electron chi connectivity index (χ3n) is 2.98. The summed E-state index contributed by atoms with van der Waals surface area (Å²) in [5, 5.41) is 5.46. The van der Waals surface area contributed by atoms with E-state index >= 15 is 0 Å². The Hall–Kier alpha value is -2.18. The standard InChI is InChI=1S/C17H24N2O4/c1-4-15(20)19-14-10-8-7-9-13(14)11-16(21)18-12-17(22-5-2)23-6-3/h4,7-10,17H,1,5-6,11-12H2,2-3H3,(H,18,21)(H,19,20). The SMILES string of the molecule is C=CC(=O)Nc1ccccc1CC(=O)NCC(OCC)OCC. The maximum Gasteiger partial charge on any atom is 0.247 e. The lowest BCUT2D eigenvalue weighted by atomic mass is 10.1. The van der Waals surface area contributed by atoms with E-state index in [-0.39, 0.29) is 24.8 Å². The molecule has 0 fully saturated rings. The molecule has 6 heteroatoms. The van der Waals surface area contributed by atoms with Crippen LogP contribution < -0.4 is 10.6 Å². The summed E-state index contributed by atoms with van der Waals surface area (Å²) in [6, 6.07) is 7.14. The van der Waals surface area contributed by atoms with Gasteiger partial charge in [-0.15, -0.1) is 0 Å². The highest BCUT2D eigenvalue weighted by Gasteiger charge is 2.12. The van der Waals surface area contributed by atoms with Gasteiger partial charge in [-0.3, -0.25) is 9.59 Å². The molecule has 0 aliphatic heterocycles. The van der Waals surface area contributed by atoms with Crippen molar-refractivity contribution in [3.63, 3.8) is 0 Å². The molecular weight excluding hydrogens is 296 g/mol. The van der Waals surface area contributed by atoms with Crippen molar-refractivity contribution in [1.82, 2.24) is 5.32 Å². The van der Waals surface area contributed by atoms with Gasteiger partial charge in [-0.1, -0.05) is 24.8 Å². The Morgan fingerprint density at radius 1 is 1.22 bits per heavy atom. The molecule has 2 amide bonds. The molecule has 6 nitrogen and oxygen atoms in total. The molecule has 2 N–H and O–H groups in total. The van der Waals surface area contributed by atoms with Crippen molar-refractivity contribution in [3.05, 3.63) is 42.5 Å². The molecule has 1 rings (SSSR count). The van der Waals surface area contributed by atoms with E-state index in [9.17, 15) is 9.59 Å². The second-order valence-corrected chi connectivity index (χ2v) is 4.67. The highest BCUT2D eigenvalue weighted by molar-refractivity contribution is 5.99. The van der Waals surface area contributed by atoms with Gasteiger partial charge in [-0.05, 0) is 31.6 Å². The number of amides is 2. The van der Waals surface area contributed by atoms with Crippen LogP contribution in [0.15, 0.2) is 36.9 Å². The molecule has 23 heavy (non-hydrogen) atoms. The first-order valence-corrected chi connectivity index (χ1v) is 7.61. The average Bonchev–Trinajstić information content (AvgIpc) is 2.54. The smallest absolute Gasteiger partial charge is 0.247 e. The number of anilines is 1. The Labute approximate surface area is 136 Å². The van der Waals surface area contributed by atoms with Gasteiger partial charge in [0, 0.05) is 18.9 Å². The Morgan fingerprint density at radius 3 is 2.48 bits per heavy atom. The van der Waals surface area contributed by atoms with Crippen LogP contribution in [0.3, 0.4) is 0 Å². The van der Waals surface area contributed by atoms with Gasteiger partial charge in [-0.25, -0.2) is 0 Å². The van der Waals surface area contributed by atoms with Crippen LogP contribution in [0.5, 0.6) is 0 Å². The molecule has 0 spiro atoms. The summed E-state index contributed by atoms with van der Waals surface area (Å²) in [7, 11) is 0. The average molecular weight is 320 g/mol. The van der Waals surface area contributed by atoms with Gasteiger partial charge in [0.15, 0.2) is 6.29 Å². The van der Waals surface area contributed by atoms with Crippen LogP contribution in [0.2, 0.25) is 0 Å². The van der Waals surface area contributed by atoms with E-state index < -0.39 is 6.29 Å². The maximum atomic E-state index is 12.1. The molecular formula is C17H24N2O4. The monoisotopic (exact) mass is 320 g/mol. The molecule has 0 aromatic heterocycles. The lowest BCUT2D eigenvalue weighted by Gasteiger charge is -2.17. The number of para-hydroxylation sites is 1. The van der Waals surface area contributed by atoms with E-state index in [1.165, 1.54) is 6.08 Å². The Kier molecular flexibility index (Phi) is 8.64. The number of ether oxygens (including phenoxy) is 2. The molecule has 0 aliphatic rings. The van der Waals surface area contributed by atoms with Crippen molar-refractivity contribution < 1.29 is 19.1 Å². The van der Waals surface area contributed by atoms with E-state index in [1.54, 1.807) is 18.2 Å². The van der Waals surface area contributed by atoms with Crippen LogP contribution >= 0.6 is 0 Å². The molecule has 0 aliphatic carbocycles. The molecule has 0 radical (unpaired) electrons. The first-order valence-electron chi connectivity index (χ1n) is 7.61. The third kappa shape index (κ3) is 7.08. The second kappa shape index (κ2) is 10.5. The van der Waals surface area contributed by atoms with Gasteiger partial charge in [0.1, 0.15) is 0 Å². The summed E-state index contributed by atoms with van der Waals surface area (Å²) < 4.78 is 10.7. The van der Waals surface area contributed by atoms with E-state index in [4.69, 9.17) is 9.47 Å². The van der Waals surface area contributed by atoms with Crippen LogP contribution in [-0.4, -0.2) is 37.9 Å². The van der Waals surface area contributed by atoms with Gasteiger partial charge >= 0.3 is 0 Å². The number of rotatable bonds is 10. The van der Waals surface area contributed by atoms with Crippen molar-refractivity contribution in [2.75, 3.05) is 25.1 Å². The van der Waals surface area contributed by atoms with Crippen LogP contribution in [0.25, 0.3) is 0 Å². The van der Waals surface area contributed by atoms with Crippen molar-refractivity contribution >= 4 is 17.5 Å². The maximum absolute atomic E-state index is 12.1. The van der Waals surface area contributed by atoms with Gasteiger partial charge in [0.25, 0.3) is 0 Å². The van der Waals surface area contributed by atoms with Crippen molar-refractivity contribution in [2.24, 2.45) is 0 Å². The Morgan fingerprint density at radius 2 is 1.87 bits per heavy atom. The predicted molar refractivity (Wildman–Crippen MR) is 89.0 cm³/mol. The van der Waals surface area contributed by atoms with E-state index in [0.29, 0.717) is 18.9 Å². The number of carbonyl (C=O) groups is 2. The summed E-state index contributed by atoms with van der Waals surface area (Å²) >= 11 is 0. The molecule has 0 atom stereocenters. The molecule has 1 aromatic rings. The van der Waals surface area contributed by atoms with Crippen molar-refractivity contribution in [3.8, 4) is 0 Å². The molecule has 0 heterocycles. The lowest BCUT2D eigenvalue weighted by Crippen LogP contribution is -2.36. The zero-order valence-electron chi connectivity index (χ0n) is 13.6. The largest absolute Gasteiger partial charge is 0.351 e. The van der Waals surface area contributed by atoms with E-state index in [1.807, 2.05) is 19.9 Å². The predicted octanol–water partition coefficient (Wildman–Crippen LogP) is 1.87. The molecule has 0 bridgehead atoms. The first kappa shape index (κ1) is 18.9. The molecule has 0 saturated carbocycles. The number of nitrogens with one attached hydrogen (secondary N) is 2. The second-order valence-electron chi connectivity index (χ2n) is 4.67. The number of hydrogen-bond acceptors (Lipinski definition) is 4. The molecule has 1 aromatic carbocycles. The third-order valence-corrected chi connectivity index (χ3v) is 2.98. The Balaban J connectivity index is 2.59. The van der Waals surface area contributed by atoms with Gasteiger partial charge in [-0.2, -0.15) is 0 Å². The van der Waals surface area contributed by atoms with Crippen LogP contribution in [0, 0.1) is 0 Å². The summed E-state index contributed by atoms with van der Waals surface area (Å²) in [4.78, 5) is 23.5. The number of benzene rings is 1. The summed E-state index contributed by atoms with van der Waals surface area (Å²) in [5.74, 6) is -0.486. The minimum atomic E-state index is -0.454. The topological polar surface area (TPSA) is 76.7 Å². The highest BCUT2D eigenvalue weighted by atomic mass is 16.7. The minimum absolute atomic E-state index is 0.151. The zero-order valence-corrected chi connectivity index (χ0v) is 13.6. The lowest BCUT2D eigenvalue weighted by molar-refractivity contribution is -0.140. The number of hydrogen-bond donors (Lipinski definition) is 2. The zero-order chi connectivity index (χ0) is 17.1. The molecule has 126 valence electrons. The van der Waals surface area contributed by atoms with Crippen molar-refractivity contribution in [1.29, 1.82) is 0 Å². The minimum Gasteiger partial charge on any atom is -0.351 e. The van der Waals surface area contributed by atoms with Gasteiger partial charge in [0.05, 0.1) is 13.0 Å². The fraction of sp³-hybridized carbons (Fsp3) is 0.412. The summed E-state index contributed by atoms with van der Waals surface area (Å²) in [6.45, 7) is 8.45. The van der Waals surface area contributed by atoms with E-state index in [0.717, 1.165) is 5.56 Å². The summed E-state index contributed by atoms with van der Waals surface area (Å²) in [6.07, 6.45) is 0.883. The normalized spacial score (nSPS) is 10.4. The quantitative estimate of drug-likeness (QED) is 0.510. The molecule has 0 unspecified atom stereocenters. The van der Waals surface area contributed by atoms with Crippen molar-refractivity contribution in [2.45, 2.75) is 26.6 Å². The first-order chi connectivity index (χ1) is 11.1. The fourth-order valence-electron chi connectivity index (χ4n) is 1.95. The highest BCUT2D eigenvalue weighted by Crippen LogP contribution is 2.15. The Bertz CT molecular complexity index is 525.